The molecule has 7 nitrogen and oxygen atoms in total. The summed E-state index contributed by atoms with van der Waals surface area (Å²) in [6.45, 7) is 8.98. The van der Waals surface area contributed by atoms with E-state index in [0.717, 1.165) is 24.3 Å². The number of carbonyl (C=O) groups is 2. The molecule has 0 bridgehead atoms. The first kappa shape index (κ1) is 20.2. The molecular formula is C19H30N4O3. The maximum Gasteiger partial charge on any atom is 0.321 e. The van der Waals surface area contributed by atoms with Crippen LogP contribution in [0.2, 0.25) is 0 Å². The summed E-state index contributed by atoms with van der Waals surface area (Å²) < 4.78 is 5.18. The average molecular weight is 362 g/mol. The van der Waals surface area contributed by atoms with Crippen LogP contribution in [-0.2, 0) is 16.1 Å². The van der Waals surface area contributed by atoms with Crippen LogP contribution in [0.1, 0.15) is 19.4 Å². The number of nitrogens with one attached hydrogen (secondary N) is 1. The molecule has 1 aromatic carbocycles. The Kier molecular flexibility index (Phi) is 7.87. The molecule has 0 unspecified atom stereocenters. The SMILES string of the molecule is CCN(CC)C(=O)CN1CCN(C(=O)Nc2ccccc2COC)CC1. The van der Waals surface area contributed by atoms with Gasteiger partial charge in [-0.1, -0.05) is 18.2 Å². The summed E-state index contributed by atoms with van der Waals surface area (Å²) in [5.41, 5.74) is 1.73. The van der Waals surface area contributed by atoms with Crippen molar-refractivity contribution in [3.8, 4) is 0 Å². The van der Waals surface area contributed by atoms with Gasteiger partial charge in [0.2, 0.25) is 5.91 Å². The Labute approximate surface area is 155 Å². The number of anilines is 1. The zero-order valence-electron chi connectivity index (χ0n) is 16.0. The molecule has 2 rings (SSSR count). The number of para-hydroxylation sites is 1. The van der Waals surface area contributed by atoms with E-state index in [4.69, 9.17) is 4.74 Å². The Bertz CT molecular complexity index is 596. The van der Waals surface area contributed by atoms with Crippen LogP contribution >= 0.6 is 0 Å². The number of urea groups is 1. The van der Waals surface area contributed by atoms with E-state index in [1.54, 1.807) is 12.0 Å². The van der Waals surface area contributed by atoms with Crippen molar-refractivity contribution in [1.29, 1.82) is 0 Å². The van der Waals surface area contributed by atoms with Crippen molar-refractivity contribution in [1.82, 2.24) is 14.7 Å². The molecule has 1 fully saturated rings. The van der Waals surface area contributed by atoms with Gasteiger partial charge >= 0.3 is 6.03 Å². The van der Waals surface area contributed by atoms with Gasteiger partial charge in [-0.15, -0.1) is 0 Å². The third-order valence-corrected chi connectivity index (χ3v) is 4.69. The number of likely N-dealkylation sites (N-methyl/N-ethyl adjacent to an activating group) is 1. The molecule has 1 saturated heterocycles. The van der Waals surface area contributed by atoms with E-state index in [0.29, 0.717) is 39.3 Å². The number of ether oxygens (including phenoxy) is 1. The van der Waals surface area contributed by atoms with Crippen molar-refractivity contribution >= 4 is 17.6 Å². The maximum atomic E-state index is 12.5. The average Bonchev–Trinajstić information content (AvgIpc) is 2.65. The van der Waals surface area contributed by atoms with Gasteiger partial charge in [0.15, 0.2) is 0 Å². The van der Waals surface area contributed by atoms with Gasteiger partial charge in [0, 0.05) is 57.6 Å². The summed E-state index contributed by atoms with van der Waals surface area (Å²) in [4.78, 5) is 30.5. The van der Waals surface area contributed by atoms with Crippen LogP contribution in [0.25, 0.3) is 0 Å². The molecule has 144 valence electrons. The Morgan fingerprint density at radius 1 is 1.12 bits per heavy atom. The number of benzene rings is 1. The summed E-state index contributed by atoms with van der Waals surface area (Å²) in [5, 5.41) is 2.97. The van der Waals surface area contributed by atoms with Crippen molar-refractivity contribution in [2.75, 3.05) is 58.2 Å². The van der Waals surface area contributed by atoms with Gasteiger partial charge in [0.25, 0.3) is 0 Å². The summed E-state index contributed by atoms with van der Waals surface area (Å²) in [6, 6.07) is 7.53. The molecule has 0 atom stereocenters. The lowest BCUT2D eigenvalue weighted by Crippen LogP contribution is -2.52. The molecule has 3 amide bonds. The summed E-state index contributed by atoms with van der Waals surface area (Å²) in [6.07, 6.45) is 0. The van der Waals surface area contributed by atoms with Crippen molar-refractivity contribution < 1.29 is 14.3 Å². The number of rotatable bonds is 7. The van der Waals surface area contributed by atoms with Crippen LogP contribution in [0.5, 0.6) is 0 Å². The third-order valence-electron chi connectivity index (χ3n) is 4.69. The van der Waals surface area contributed by atoms with Gasteiger partial charge in [-0.25, -0.2) is 4.79 Å². The number of carbonyl (C=O) groups excluding carboxylic acids is 2. The molecule has 26 heavy (non-hydrogen) atoms. The molecule has 1 aliphatic rings. The maximum absolute atomic E-state index is 12.5. The second kappa shape index (κ2) is 10.1. The van der Waals surface area contributed by atoms with Crippen LogP contribution in [0.3, 0.4) is 0 Å². The van der Waals surface area contributed by atoms with Gasteiger partial charge in [-0.05, 0) is 19.9 Å². The van der Waals surface area contributed by atoms with Crippen LogP contribution in [0.15, 0.2) is 24.3 Å². The van der Waals surface area contributed by atoms with Crippen molar-refractivity contribution in [3.63, 3.8) is 0 Å². The number of piperazine rings is 1. The van der Waals surface area contributed by atoms with Gasteiger partial charge < -0.3 is 19.9 Å². The first-order valence-corrected chi connectivity index (χ1v) is 9.21. The van der Waals surface area contributed by atoms with Gasteiger partial charge in [-0.2, -0.15) is 0 Å². The monoisotopic (exact) mass is 362 g/mol. The minimum Gasteiger partial charge on any atom is -0.380 e. The van der Waals surface area contributed by atoms with Gasteiger partial charge in [-0.3, -0.25) is 9.69 Å². The molecule has 7 heteroatoms. The zero-order valence-corrected chi connectivity index (χ0v) is 16.0. The van der Waals surface area contributed by atoms with Gasteiger partial charge in [0.05, 0.1) is 13.2 Å². The lowest BCUT2D eigenvalue weighted by atomic mass is 10.2. The highest BCUT2D eigenvalue weighted by Gasteiger charge is 2.23. The van der Waals surface area contributed by atoms with Crippen molar-refractivity contribution in [2.45, 2.75) is 20.5 Å². The second-order valence-electron chi connectivity index (χ2n) is 6.35. The van der Waals surface area contributed by atoms with Crippen LogP contribution < -0.4 is 5.32 Å². The van der Waals surface area contributed by atoms with Crippen LogP contribution in [0.4, 0.5) is 10.5 Å². The Balaban J connectivity index is 1.84. The van der Waals surface area contributed by atoms with E-state index in [2.05, 4.69) is 10.2 Å². The Hall–Kier alpha value is -2.12. The molecule has 0 aromatic heterocycles. The first-order valence-electron chi connectivity index (χ1n) is 9.21. The fraction of sp³-hybridized carbons (Fsp3) is 0.579. The van der Waals surface area contributed by atoms with Crippen LogP contribution in [-0.4, -0.2) is 79.6 Å². The number of methoxy groups -OCH3 is 1. The highest BCUT2D eigenvalue weighted by molar-refractivity contribution is 5.90. The van der Waals surface area contributed by atoms with E-state index in [1.165, 1.54) is 0 Å². The van der Waals surface area contributed by atoms with Crippen molar-refractivity contribution in [2.24, 2.45) is 0 Å². The molecule has 0 radical (unpaired) electrons. The van der Waals surface area contributed by atoms with Gasteiger partial charge in [0.1, 0.15) is 0 Å². The fourth-order valence-corrected chi connectivity index (χ4v) is 3.09. The lowest BCUT2D eigenvalue weighted by molar-refractivity contribution is -0.132. The lowest BCUT2D eigenvalue weighted by Gasteiger charge is -2.35. The van der Waals surface area contributed by atoms with Crippen molar-refractivity contribution in [3.05, 3.63) is 29.8 Å². The Morgan fingerprint density at radius 2 is 1.77 bits per heavy atom. The zero-order chi connectivity index (χ0) is 18.9. The summed E-state index contributed by atoms with van der Waals surface area (Å²) >= 11 is 0. The largest absolute Gasteiger partial charge is 0.380 e. The first-order chi connectivity index (χ1) is 12.6. The highest BCUT2D eigenvalue weighted by Crippen LogP contribution is 2.17. The molecule has 0 saturated carbocycles. The fourth-order valence-electron chi connectivity index (χ4n) is 3.09. The highest BCUT2D eigenvalue weighted by atomic mass is 16.5. The standard InChI is InChI=1S/C19H30N4O3/c1-4-22(5-2)18(24)14-21-10-12-23(13-11-21)19(25)20-17-9-7-6-8-16(17)15-26-3/h6-9H,4-5,10-15H2,1-3H3,(H,20,25). The van der Waals surface area contributed by atoms with E-state index in [9.17, 15) is 9.59 Å². The van der Waals surface area contributed by atoms with E-state index in [-0.39, 0.29) is 11.9 Å². The molecule has 0 spiro atoms. The van der Waals surface area contributed by atoms with Crippen LogP contribution in [0, 0.1) is 0 Å². The van der Waals surface area contributed by atoms with E-state index < -0.39 is 0 Å². The topological polar surface area (TPSA) is 65.1 Å². The predicted octanol–water partition coefficient (Wildman–Crippen LogP) is 1.85. The summed E-state index contributed by atoms with van der Waals surface area (Å²) in [7, 11) is 1.64. The minimum atomic E-state index is -0.108. The molecule has 1 heterocycles. The second-order valence-corrected chi connectivity index (χ2v) is 6.35. The molecule has 1 aliphatic heterocycles. The molecule has 1 N–H and O–H groups in total. The molecule has 0 aliphatic carbocycles. The number of hydrogen-bond donors (Lipinski definition) is 1. The smallest absolute Gasteiger partial charge is 0.321 e. The minimum absolute atomic E-state index is 0.108. The van der Waals surface area contributed by atoms with E-state index in [1.807, 2.05) is 43.0 Å². The quantitative estimate of drug-likeness (QED) is 0.804. The number of amides is 3. The number of nitrogens with zero attached hydrogens (tertiary/aromatic N) is 3. The number of hydrogen-bond acceptors (Lipinski definition) is 4. The molecular weight excluding hydrogens is 332 g/mol. The third kappa shape index (κ3) is 5.44. The molecule has 1 aromatic rings. The van der Waals surface area contributed by atoms with E-state index >= 15 is 0 Å². The normalized spacial score (nSPS) is 15.0. The predicted molar refractivity (Wildman–Crippen MR) is 102 cm³/mol. The Morgan fingerprint density at radius 3 is 2.38 bits per heavy atom. The summed E-state index contributed by atoms with van der Waals surface area (Å²) in [5.74, 6) is 0.154.